The van der Waals surface area contributed by atoms with Crippen LogP contribution in [0.4, 0.5) is 16.2 Å². The number of rotatable bonds is 7. The van der Waals surface area contributed by atoms with E-state index in [1.807, 2.05) is 36.4 Å². The molecule has 24 heavy (non-hydrogen) atoms. The van der Waals surface area contributed by atoms with Crippen LogP contribution in [0.15, 0.2) is 60.8 Å². The molecule has 2 aromatic carbocycles. The van der Waals surface area contributed by atoms with Gasteiger partial charge in [0, 0.05) is 13.1 Å². The van der Waals surface area contributed by atoms with Gasteiger partial charge < -0.3 is 10.6 Å². The second-order valence-corrected chi connectivity index (χ2v) is 5.27. The molecule has 1 heterocycles. The number of aromatic nitrogens is 3. The molecular weight excluding hydrogens is 305 g/mol. The van der Waals surface area contributed by atoms with Crippen molar-refractivity contribution in [1.29, 1.82) is 0 Å². The van der Waals surface area contributed by atoms with Crippen LogP contribution in [0.25, 0.3) is 0 Å². The molecule has 0 aliphatic heterocycles. The maximum Gasteiger partial charge on any atom is 0.244 e. The zero-order valence-corrected chi connectivity index (χ0v) is 13.1. The van der Waals surface area contributed by atoms with Crippen LogP contribution in [0, 0.1) is 5.82 Å². The van der Waals surface area contributed by atoms with E-state index in [0.29, 0.717) is 36.8 Å². The van der Waals surface area contributed by atoms with Gasteiger partial charge in [-0.2, -0.15) is 10.1 Å². The van der Waals surface area contributed by atoms with Crippen molar-refractivity contribution in [2.45, 2.75) is 13.0 Å². The summed E-state index contributed by atoms with van der Waals surface area (Å²) in [4.78, 5) is 4.35. The van der Waals surface area contributed by atoms with Gasteiger partial charge in [0.15, 0.2) is 5.82 Å². The van der Waals surface area contributed by atoms with Crippen molar-refractivity contribution in [3.63, 3.8) is 0 Å². The molecule has 0 spiro atoms. The highest BCUT2D eigenvalue weighted by atomic mass is 19.1. The Morgan fingerprint density at radius 1 is 0.917 bits per heavy atom. The van der Waals surface area contributed by atoms with Gasteiger partial charge in [-0.15, -0.1) is 5.10 Å². The highest BCUT2D eigenvalue weighted by Crippen LogP contribution is 2.09. The second kappa shape index (κ2) is 8.01. The van der Waals surface area contributed by atoms with Crippen molar-refractivity contribution in [2.24, 2.45) is 0 Å². The van der Waals surface area contributed by atoms with E-state index in [0.717, 1.165) is 5.56 Å². The van der Waals surface area contributed by atoms with Gasteiger partial charge in [-0.25, -0.2) is 4.39 Å². The lowest BCUT2D eigenvalue weighted by Crippen LogP contribution is -2.11. The lowest BCUT2D eigenvalue weighted by Gasteiger charge is -2.08. The molecule has 122 valence electrons. The first kappa shape index (κ1) is 15.9. The topological polar surface area (TPSA) is 62.7 Å². The smallest absolute Gasteiger partial charge is 0.244 e. The quantitative estimate of drug-likeness (QED) is 0.699. The Morgan fingerprint density at radius 2 is 1.71 bits per heavy atom. The number of anilines is 2. The molecule has 0 saturated carbocycles. The molecule has 0 saturated heterocycles. The van der Waals surface area contributed by atoms with Crippen molar-refractivity contribution < 1.29 is 4.39 Å². The number of halogens is 1. The summed E-state index contributed by atoms with van der Waals surface area (Å²) in [5.74, 6) is 0.864. The summed E-state index contributed by atoms with van der Waals surface area (Å²) in [7, 11) is 0. The molecule has 6 heteroatoms. The van der Waals surface area contributed by atoms with E-state index in [4.69, 9.17) is 0 Å². The first-order valence-electron chi connectivity index (χ1n) is 7.76. The summed E-state index contributed by atoms with van der Waals surface area (Å²) in [6.07, 6.45) is 2.13. The normalized spacial score (nSPS) is 10.4. The molecule has 0 radical (unpaired) electrons. The zero-order valence-electron chi connectivity index (χ0n) is 13.1. The minimum absolute atomic E-state index is 0.198. The van der Waals surface area contributed by atoms with Gasteiger partial charge >= 0.3 is 0 Å². The fourth-order valence-corrected chi connectivity index (χ4v) is 2.26. The molecule has 0 atom stereocenters. The van der Waals surface area contributed by atoms with Crippen molar-refractivity contribution in [1.82, 2.24) is 15.2 Å². The van der Waals surface area contributed by atoms with Crippen molar-refractivity contribution >= 4 is 11.8 Å². The predicted molar refractivity (Wildman–Crippen MR) is 92.2 cm³/mol. The van der Waals surface area contributed by atoms with E-state index >= 15 is 0 Å². The predicted octanol–water partition coefficient (Wildman–Crippen LogP) is 3.28. The van der Waals surface area contributed by atoms with Gasteiger partial charge in [-0.3, -0.25) is 0 Å². The Kier molecular flexibility index (Phi) is 5.29. The van der Waals surface area contributed by atoms with Gasteiger partial charge in [0.05, 0.1) is 6.20 Å². The minimum atomic E-state index is -0.198. The third kappa shape index (κ3) is 4.49. The highest BCUT2D eigenvalue weighted by Gasteiger charge is 2.03. The second-order valence-electron chi connectivity index (χ2n) is 5.27. The summed E-state index contributed by atoms with van der Waals surface area (Å²) in [6.45, 7) is 1.19. The van der Waals surface area contributed by atoms with Crippen LogP contribution in [0.2, 0.25) is 0 Å². The maximum atomic E-state index is 13.6. The van der Waals surface area contributed by atoms with E-state index in [2.05, 4.69) is 25.8 Å². The number of hydrogen-bond acceptors (Lipinski definition) is 5. The molecule has 3 rings (SSSR count). The summed E-state index contributed by atoms with van der Waals surface area (Å²) in [5.41, 5.74) is 1.82. The number of hydrogen-bond donors (Lipinski definition) is 2. The van der Waals surface area contributed by atoms with Crippen LogP contribution >= 0.6 is 0 Å². The average Bonchev–Trinajstić information content (AvgIpc) is 2.63. The maximum absolute atomic E-state index is 13.6. The van der Waals surface area contributed by atoms with Crippen LogP contribution in [0.5, 0.6) is 0 Å². The standard InChI is InChI=1S/C18H18FN5/c19-16-9-5-4-8-15(16)10-11-20-18-23-17(13-22-24-18)21-12-14-6-2-1-3-7-14/h1-9,13H,10-12H2,(H2,20,21,23,24). The van der Waals surface area contributed by atoms with Crippen molar-refractivity contribution in [3.8, 4) is 0 Å². The minimum Gasteiger partial charge on any atom is -0.365 e. The van der Waals surface area contributed by atoms with E-state index < -0.39 is 0 Å². The largest absolute Gasteiger partial charge is 0.365 e. The van der Waals surface area contributed by atoms with Crippen LogP contribution < -0.4 is 10.6 Å². The van der Waals surface area contributed by atoms with Gasteiger partial charge in [0.2, 0.25) is 5.95 Å². The van der Waals surface area contributed by atoms with Crippen LogP contribution in [-0.4, -0.2) is 21.7 Å². The Labute approximate surface area is 140 Å². The molecule has 0 aliphatic carbocycles. The van der Waals surface area contributed by atoms with Gasteiger partial charge in [-0.1, -0.05) is 48.5 Å². The molecule has 0 bridgehead atoms. The molecule has 0 amide bonds. The van der Waals surface area contributed by atoms with Crippen molar-refractivity contribution in [3.05, 3.63) is 77.7 Å². The Balaban J connectivity index is 1.52. The fraction of sp³-hybridized carbons (Fsp3) is 0.167. The van der Waals surface area contributed by atoms with Crippen LogP contribution in [0.3, 0.4) is 0 Å². The summed E-state index contributed by atoms with van der Waals surface area (Å²) >= 11 is 0. The van der Waals surface area contributed by atoms with Gasteiger partial charge in [0.1, 0.15) is 5.82 Å². The third-order valence-electron chi connectivity index (χ3n) is 3.51. The number of nitrogens with zero attached hydrogens (tertiary/aromatic N) is 3. The molecule has 0 fully saturated rings. The molecule has 5 nitrogen and oxygen atoms in total. The van der Waals surface area contributed by atoms with Crippen LogP contribution in [-0.2, 0) is 13.0 Å². The molecule has 2 N–H and O–H groups in total. The first-order chi connectivity index (χ1) is 11.8. The Hall–Kier alpha value is -3.02. The Morgan fingerprint density at radius 3 is 2.54 bits per heavy atom. The Bertz CT molecular complexity index is 779. The van der Waals surface area contributed by atoms with E-state index in [-0.39, 0.29) is 5.82 Å². The van der Waals surface area contributed by atoms with E-state index in [1.165, 1.54) is 6.07 Å². The van der Waals surface area contributed by atoms with Crippen molar-refractivity contribution in [2.75, 3.05) is 17.2 Å². The first-order valence-corrected chi connectivity index (χ1v) is 7.76. The highest BCUT2D eigenvalue weighted by molar-refractivity contribution is 5.38. The van der Waals surface area contributed by atoms with Crippen LogP contribution in [0.1, 0.15) is 11.1 Å². The zero-order chi connectivity index (χ0) is 16.6. The van der Waals surface area contributed by atoms with E-state index in [9.17, 15) is 4.39 Å². The monoisotopic (exact) mass is 323 g/mol. The number of benzene rings is 2. The lowest BCUT2D eigenvalue weighted by molar-refractivity contribution is 0.610. The van der Waals surface area contributed by atoms with E-state index in [1.54, 1.807) is 18.3 Å². The average molecular weight is 323 g/mol. The van der Waals surface area contributed by atoms with Gasteiger partial charge in [-0.05, 0) is 23.6 Å². The van der Waals surface area contributed by atoms with Gasteiger partial charge in [0.25, 0.3) is 0 Å². The third-order valence-corrected chi connectivity index (χ3v) is 3.51. The molecule has 0 unspecified atom stereocenters. The molecule has 1 aromatic heterocycles. The molecule has 3 aromatic rings. The summed E-state index contributed by atoms with van der Waals surface area (Å²) in [5, 5.41) is 14.1. The molecular formula is C18H18FN5. The lowest BCUT2D eigenvalue weighted by atomic mass is 10.1. The number of nitrogens with one attached hydrogen (secondary N) is 2. The summed E-state index contributed by atoms with van der Waals surface area (Å²) in [6, 6.07) is 16.8. The fourth-order valence-electron chi connectivity index (χ4n) is 2.26. The SMILES string of the molecule is Fc1ccccc1CCNc1nncc(NCc2ccccc2)n1. The molecule has 0 aliphatic rings. The summed E-state index contributed by atoms with van der Waals surface area (Å²) < 4.78 is 13.6.